The van der Waals surface area contributed by atoms with E-state index in [9.17, 15) is 0 Å². The summed E-state index contributed by atoms with van der Waals surface area (Å²) in [4.78, 5) is 6.65. The molecule has 7 nitrogen and oxygen atoms in total. The van der Waals surface area contributed by atoms with Crippen LogP contribution in [0.4, 0.5) is 5.69 Å². The average Bonchev–Trinajstić information content (AvgIpc) is 3.25. The minimum atomic E-state index is 0. The first-order chi connectivity index (χ1) is 14.1. The summed E-state index contributed by atoms with van der Waals surface area (Å²) in [5.41, 5.74) is 2.85. The van der Waals surface area contributed by atoms with Gasteiger partial charge in [0.2, 0.25) is 0 Å². The molecule has 0 saturated carbocycles. The quantitative estimate of drug-likeness (QED) is 0.346. The smallest absolute Gasteiger partial charge is 0.191 e. The van der Waals surface area contributed by atoms with Crippen molar-refractivity contribution in [1.29, 1.82) is 5.26 Å². The predicted octanol–water partition coefficient (Wildman–Crippen LogP) is 3.14. The first kappa shape index (κ1) is 23.6. The van der Waals surface area contributed by atoms with Crippen LogP contribution >= 0.6 is 24.0 Å². The van der Waals surface area contributed by atoms with E-state index in [-0.39, 0.29) is 24.0 Å². The maximum absolute atomic E-state index is 8.89. The molecule has 1 aliphatic rings. The normalized spacial score (nSPS) is 15.7. The van der Waals surface area contributed by atoms with Crippen LogP contribution in [0.2, 0.25) is 0 Å². The van der Waals surface area contributed by atoms with E-state index in [0.717, 1.165) is 48.2 Å². The second-order valence-electron chi connectivity index (χ2n) is 6.88. The lowest BCUT2D eigenvalue weighted by atomic mass is 10.1. The Labute approximate surface area is 195 Å². The molecule has 1 atom stereocenters. The van der Waals surface area contributed by atoms with Gasteiger partial charge in [-0.2, -0.15) is 5.26 Å². The zero-order valence-electron chi connectivity index (χ0n) is 17.5. The molecule has 0 bridgehead atoms. The van der Waals surface area contributed by atoms with E-state index in [1.807, 2.05) is 42.5 Å². The maximum Gasteiger partial charge on any atom is 0.191 e. The second-order valence-corrected chi connectivity index (χ2v) is 6.88. The van der Waals surface area contributed by atoms with Gasteiger partial charge in [0.05, 0.1) is 25.9 Å². The molecular weight excluding hydrogens is 493 g/mol. The summed E-state index contributed by atoms with van der Waals surface area (Å²) < 4.78 is 10.8. The van der Waals surface area contributed by atoms with Gasteiger partial charge in [-0.3, -0.25) is 4.99 Å². The SMILES string of the molecule is CN=C(NCc1ccc(C#N)cc1)NC1CCN(c2cc(OC)cc(OC)c2)C1.I. The van der Waals surface area contributed by atoms with Crippen molar-refractivity contribution in [2.75, 3.05) is 39.3 Å². The Morgan fingerprint density at radius 3 is 2.40 bits per heavy atom. The lowest BCUT2D eigenvalue weighted by molar-refractivity contribution is 0.394. The van der Waals surface area contributed by atoms with Crippen LogP contribution < -0.4 is 25.0 Å². The summed E-state index contributed by atoms with van der Waals surface area (Å²) in [5, 5.41) is 15.7. The number of aliphatic imine (C=N–C) groups is 1. The standard InChI is InChI=1S/C22H27N5O2.HI/c1-24-22(25-14-17-6-4-16(13-23)5-7-17)26-18-8-9-27(15-18)19-10-20(28-2)12-21(11-19)29-3;/h4-7,10-12,18H,8-9,14-15H2,1-3H3,(H2,24,25,26);1H. The number of ether oxygens (including phenoxy) is 2. The summed E-state index contributed by atoms with van der Waals surface area (Å²) in [6.07, 6.45) is 1.01. The molecule has 0 aromatic heterocycles. The van der Waals surface area contributed by atoms with Crippen molar-refractivity contribution >= 4 is 35.6 Å². The van der Waals surface area contributed by atoms with Crippen LogP contribution in [0, 0.1) is 11.3 Å². The average molecular weight is 521 g/mol. The summed E-state index contributed by atoms with van der Waals surface area (Å²) in [6, 6.07) is 15.9. The Kier molecular flexibility index (Phi) is 9.05. The molecule has 8 heteroatoms. The van der Waals surface area contributed by atoms with Crippen molar-refractivity contribution in [2.24, 2.45) is 4.99 Å². The van der Waals surface area contributed by atoms with E-state index >= 15 is 0 Å². The molecule has 1 heterocycles. The molecule has 2 N–H and O–H groups in total. The lowest BCUT2D eigenvalue weighted by Gasteiger charge is -2.21. The molecule has 0 spiro atoms. The number of methoxy groups -OCH3 is 2. The summed E-state index contributed by atoms with van der Waals surface area (Å²) in [7, 11) is 5.10. The number of nitriles is 1. The number of hydrogen-bond donors (Lipinski definition) is 2. The van der Waals surface area contributed by atoms with Gasteiger partial charge >= 0.3 is 0 Å². The number of rotatable bonds is 6. The third-order valence-electron chi connectivity index (χ3n) is 5.00. The van der Waals surface area contributed by atoms with Gasteiger partial charge in [0.15, 0.2) is 5.96 Å². The predicted molar refractivity (Wildman–Crippen MR) is 130 cm³/mol. The van der Waals surface area contributed by atoms with Crippen LogP contribution in [0.3, 0.4) is 0 Å². The van der Waals surface area contributed by atoms with E-state index in [0.29, 0.717) is 18.2 Å². The van der Waals surface area contributed by atoms with Crippen LogP contribution in [0.25, 0.3) is 0 Å². The number of anilines is 1. The molecule has 1 saturated heterocycles. The van der Waals surface area contributed by atoms with E-state index in [2.05, 4.69) is 26.6 Å². The van der Waals surface area contributed by atoms with Gasteiger partial charge in [-0.1, -0.05) is 12.1 Å². The number of nitrogens with one attached hydrogen (secondary N) is 2. The second kappa shape index (κ2) is 11.5. The third kappa shape index (κ3) is 6.16. The molecule has 2 aromatic carbocycles. The number of benzene rings is 2. The Bertz CT molecular complexity index is 873. The Morgan fingerprint density at radius 2 is 1.83 bits per heavy atom. The highest BCUT2D eigenvalue weighted by molar-refractivity contribution is 14.0. The first-order valence-electron chi connectivity index (χ1n) is 9.59. The minimum Gasteiger partial charge on any atom is -0.497 e. The zero-order chi connectivity index (χ0) is 20.6. The van der Waals surface area contributed by atoms with Crippen molar-refractivity contribution in [2.45, 2.75) is 19.0 Å². The van der Waals surface area contributed by atoms with E-state index in [4.69, 9.17) is 14.7 Å². The van der Waals surface area contributed by atoms with Crippen LogP contribution in [-0.2, 0) is 6.54 Å². The third-order valence-corrected chi connectivity index (χ3v) is 5.00. The minimum absolute atomic E-state index is 0. The van der Waals surface area contributed by atoms with Gasteiger partial charge in [0.1, 0.15) is 11.5 Å². The fourth-order valence-corrected chi connectivity index (χ4v) is 3.36. The molecule has 160 valence electrons. The topological polar surface area (TPSA) is 81.9 Å². The van der Waals surface area contributed by atoms with Crippen LogP contribution in [-0.4, -0.2) is 46.4 Å². The molecule has 2 aromatic rings. The van der Waals surface area contributed by atoms with E-state index < -0.39 is 0 Å². The highest BCUT2D eigenvalue weighted by Crippen LogP contribution is 2.30. The van der Waals surface area contributed by atoms with Gasteiger partial charge in [-0.15, -0.1) is 24.0 Å². The fraction of sp³-hybridized carbons (Fsp3) is 0.364. The highest BCUT2D eigenvalue weighted by atomic mass is 127. The highest BCUT2D eigenvalue weighted by Gasteiger charge is 2.24. The first-order valence-corrected chi connectivity index (χ1v) is 9.59. The largest absolute Gasteiger partial charge is 0.497 e. The molecule has 3 rings (SSSR count). The van der Waals surface area contributed by atoms with Gasteiger partial charge in [0.25, 0.3) is 0 Å². The Morgan fingerprint density at radius 1 is 1.17 bits per heavy atom. The van der Waals surface area contributed by atoms with E-state index in [1.54, 1.807) is 21.3 Å². The Balaban J connectivity index is 0.00000320. The molecule has 0 radical (unpaired) electrons. The molecule has 1 aliphatic heterocycles. The maximum atomic E-state index is 8.89. The van der Waals surface area contributed by atoms with Crippen molar-refractivity contribution in [3.63, 3.8) is 0 Å². The molecule has 0 amide bonds. The van der Waals surface area contributed by atoms with Gasteiger partial charge in [0, 0.05) is 56.6 Å². The van der Waals surface area contributed by atoms with Gasteiger partial charge in [-0.05, 0) is 24.1 Å². The fourth-order valence-electron chi connectivity index (χ4n) is 3.36. The molecule has 0 aliphatic carbocycles. The lowest BCUT2D eigenvalue weighted by Crippen LogP contribution is -2.44. The number of guanidine groups is 1. The molecule has 1 unspecified atom stereocenters. The van der Waals surface area contributed by atoms with Gasteiger partial charge < -0.3 is 25.0 Å². The van der Waals surface area contributed by atoms with Gasteiger partial charge in [-0.25, -0.2) is 0 Å². The number of hydrogen-bond acceptors (Lipinski definition) is 5. The monoisotopic (exact) mass is 521 g/mol. The molecular formula is C22H28IN5O2. The molecule has 1 fully saturated rings. The molecule has 30 heavy (non-hydrogen) atoms. The zero-order valence-corrected chi connectivity index (χ0v) is 19.8. The van der Waals surface area contributed by atoms with Crippen LogP contribution in [0.15, 0.2) is 47.5 Å². The van der Waals surface area contributed by atoms with E-state index in [1.165, 1.54) is 0 Å². The van der Waals surface area contributed by atoms with Crippen molar-refractivity contribution in [3.8, 4) is 17.6 Å². The Hall–Kier alpha value is -2.67. The summed E-state index contributed by atoms with van der Waals surface area (Å²) in [6.45, 7) is 2.46. The van der Waals surface area contributed by atoms with Crippen LogP contribution in [0.5, 0.6) is 11.5 Å². The van der Waals surface area contributed by atoms with Crippen molar-refractivity contribution < 1.29 is 9.47 Å². The summed E-state index contributed by atoms with van der Waals surface area (Å²) in [5.74, 6) is 2.34. The summed E-state index contributed by atoms with van der Waals surface area (Å²) >= 11 is 0. The van der Waals surface area contributed by atoms with Crippen molar-refractivity contribution in [3.05, 3.63) is 53.6 Å². The van der Waals surface area contributed by atoms with Crippen molar-refractivity contribution in [1.82, 2.24) is 10.6 Å². The van der Waals surface area contributed by atoms with Crippen LogP contribution in [0.1, 0.15) is 17.5 Å². The number of halogens is 1. The number of nitrogens with zero attached hydrogens (tertiary/aromatic N) is 3.